The molecule has 3 nitrogen and oxygen atoms in total. The molecular formula is C19H41NO2. The normalized spacial score (nSPS) is 14.2. The Balaban J connectivity index is 3.19. The Kier molecular flexibility index (Phi) is 17.1. The van der Waals surface area contributed by atoms with Crippen LogP contribution < -0.4 is 5.73 Å². The molecule has 0 aliphatic heterocycles. The minimum atomic E-state index is -0.587. The number of nitrogens with two attached hydrogens (primary N) is 1. The number of aliphatic hydroxyl groups is 2. The molecular weight excluding hydrogens is 274 g/mol. The van der Waals surface area contributed by atoms with Crippen LogP contribution >= 0.6 is 0 Å². The molecule has 134 valence electrons. The van der Waals surface area contributed by atoms with Crippen molar-refractivity contribution in [3.05, 3.63) is 0 Å². The molecule has 2 unspecified atom stereocenters. The average molecular weight is 316 g/mol. The van der Waals surface area contributed by atoms with E-state index in [-0.39, 0.29) is 0 Å². The van der Waals surface area contributed by atoms with Gasteiger partial charge in [-0.3, -0.25) is 0 Å². The molecule has 0 spiro atoms. The Labute approximate surface area is 138 Å². The van der Waals surface area contributed by atoms with Crippen molar-refractivity contribution in [1.29, 1.82) is 0 Å². The monoisotopic (exact) mass is 315 g/mol. The molecule has 4 N–H and O–H groups in total. The van der Waals surface area contributed by atoms with Crippen molar-refractivity contribution in [3.63, 3.8) is 0 Å². The summed E-state index contributed by atoms with van der Waals surface area (Å²) in [6.07, 6.45) is 16.9. The van der Waals surface area contributed by atoms with Crippen molar-refractivity contribution in [2.75, 3.05) is 6.54 Å². The van der Waals surface area contributed by atoms with Crippen LogP contribution in [0.15, 0.2) is 0 Å². The van der Waals surface area contributed by atoms with Gasteiger partial charge in [-0.2, -0.15) is 0 Å². The van der Waals surface area contributed by atoms with Gasteiger partial charge in [0.25, 0.3) is 0 Å². The molecule has 0 saturated heterocycles. The molecule has 0 amide bonds. The van der Waals surface area contributed by atoms with E-state index in [4.69, 9.17) is 5.73 Å². The molecule has 0 rings (SSSR count). The number of rotatable bonds is 17. The molecule has 3 heteroatoms. The third kappa shape index (κ3) is 14.8. The molecule has 0 aromatic carbocycles. The van der Waals surface area contributed by atoms with E-state index in [0.717, 1.165) is 19.3 Å². The van der Waals surface area contributed by atoms with Crippen LogP contribution in [0, 0.1) is 0 Å². The molecule has 0 fully saturated rings. The highest BCUT2D eigenvalue weighted by atomic mass is 16.3. The Hall–Kier alpha value is -0.120. The van der Waals surface area contributed by atoms with Crippen molar-refractivity contribution in [1.82, 2.24) is 0 Å². The van der Waals surface area contributed by atoms with Gasteiger partial charge in [0, 0.05) is 0 Å². The van der Waals surface area contributed by atoms with Gasteiger partial charge in [-0.15, -0.1) is 0 Å². The van der Waals surface area contributed by atoms with Gasteiger partial charge in [0.2, 0.25) is 0 Å². The number of hydrogen-bond acceptors (Lipinski definition) is 3. The van der Waals surface area contributed by atoms with Crippen LogP contribution in [0.1, 0.15) is 103 Å². The average Bonchev–Trinajstić information content (AvgIpc) is 2.53. The van der Waals surface area contributed by atoms with Gasteiger partial charge in [0.15, 0.2) is 0 Å². The van der Waals surface area contributed by atoms with Crippen molar-refractivity contribution in [2.45, 2.75) is 115 Å². The van der Waals surface area contributed by atoms with E-state index >= 15 is 0 Å². The second-order valence-electron chi connectivity index (χ2n) is 6.74. The molecule has 2 atom stereocenters. The van der Waals surface area contributed by atoms with Crippen LogP contribution in [0.5, 0.6) is 0 Å². The van der Waals surface area contributed by atoms with Gasteiger partial charge >= 0.3 is 0 Å². The van der Waals surface area contributed by atoms with Gasteiger partial charge in [0.05, 0.1) is 12.2 Å². The number of hydrogen-bond donors (Lipinski definition) is 3. The fourth-order valence-corrected chi connectivity index (χ4v) is 2.91. The SMILES string of the molecule is CCCCCCCCCCCCCCC(O)C(O)CCCN. The second-order valence-corrected chi connectivity index (χ2v) is 6.74. The van der Waals surface area contributed by atoms with E-state index < -0.39 is 12.2 Å². The number of aliphatic hydroxyl groups excluding tert-OH is 2. The summed E-state index contributed by atoms with van der Waals surface area (Å²) in [7, 11) is 0. The first-order valence-electron chi connectivity index (χ1n) is 9.78. The van der Waals surface area contributed by atoms with Gasteiger partial charge in [-0.1, -0.05) is 84.0 Å². The predicted octanol–water partition coefficient (Wildman–Crippen LogP) is 4.54. The maximum Gasteiger partial charge on any atom is 0.0799 e. The van der Waals surface area contributed by atoms with Gasteiger partial charge < -0.3 is 15.9 Å². The molecule has 0 aromatic heterocycles. The lowest BCUT2D eigenvalue weighted by Crippen LogP contribution is -2.26. The van der Waals surface area contributed by atoms with Crippen LogP contribution in [0.25, 0.3) is 0 Å². The molecule has 0 aromatic rings. The first-order chi connectivity index (χ1) is 10.7. The summed E-state index contributed by atoms with van der Waals surface area (Å²) in [4.78, 5) is 0. The van der Waals surface area contributed by atoms with Crippen molar-refractivity contribution < 1.29 is 10.2 Å². The molecule has 0 bridgehead atoms. The Bertz CT molecular complexity index is 212. The smallest absolute Gasteiger partial charge is 0.0799 e. The zero-order valence-electron chi connectivity index (χ0n) is 14.9. The highest BCUT2D eigenvalue weighted by molar-refractivity contribution is 4.67. The molecule has 22 heavy (non-hydrogen) atoms. The maximum absolute atomic E-state index is 9.81. The lowest BCUT2D eigenvalue weighted by Gasteiger charge is -2.17. The first kappa shape index (κ1) is 21.9. The summed E-state index contributed by atoms with van der Waals surface area (Å²) in [5.41, 5.74) is 5.40. The topological polar surface area (TPSA) is 66.5 Å². The fourth-order valence-electron chi connectivity index (χ4n) is 2.91. The van der Waals surface area contributed by atoms with Crippen LogP contribution in [-0.2, 0) is 0 Å². The molecule has 0 aliphatic rings. The minimum absolute atomic E-state index is 0.560. The number of unbranched alkanes of at least 4 members (excludes halogenated alkanes) is 11. The van der Waals surface area contributed by atoms with Crippen LogP contribution in [0.4, 0.5) is 0 Å². The van der Waals surface area contributed by atoms with E-state index in [2.05, 4.69) is 6.92 Å². The van der Waals surface area contributed by atoms with Gasteiger partial charge in [-0.25, -0.2) is 0 Å². The second kappa shape index (κ2) is 17.2. The summed E-state index contributed by atoms with van der Waals surface area (Å²) in [6.45, 7) is 2.85. The van der Waals surface area contributed by atoms with E-state index in [1.165, 1.54) is 70.6 Å². The van der Waals surface area contributed by atoms with Gasteiger partial charge in [0.1, 0.15) is 0 Å². The summed E-state index contributed by atoms with van der Waals surface area (Å²) < 4.78 is 0. The minimum Gasteiger partial charge on any atom is -0.390 e. The van der Waals surface area contributed by atoms with E-state index in [9.17, 15) is 10.2 Å². The van der Waals surface area contributed by atoms with Crippen molar-refractivity contribution in [3.8, 4) is 0 Å². The summed E-state index contributed by atoms with van der Waals surface area (Å²) >= 11 is 0. The third-order valence-electron chi connectivity index (χ3n) is 4.50. The quantitative estimate of drug-likeness (QED) is 0.345. The van der Waals surface area contributed by atoms with E-state index in [0.29, 0.717) is 13.0 Å². The Morgan fingerprint density at radius 2 is 0.955 bits per heavy atom. The summed E-state index contributed by atoms with van der Waals surface area (Å²) in [5, 5.41) is 19.5. The third-order valence-corrected chi connectivity index (χ3v) is 4.50. The first-order valence-corrected chi connectivity index (χ1v) is 9.78. The van der Waals surface area contributed by atoms with E-state index in [1.807, 2.05) is 0 Å². The molecule has 0 aliphatic carbocycles. The van der Waals surface area contributed by atoms with E-state index in [1.54, 1.807) is 0 Å². The summed E-state index contributed by atoms with van der Waals surface area (Å²) in [5.74, 6) is 0. The Morgan fingerprint density at radius 1 is 0.591 bits per heavy atom. The zero-order valence-corrected chi connectivity index (χ0v) is 14.9. The maximum atomic E-state index is 9.81. The lowest BCUT2D eigenvalue weighted by molar-refractivity contribution is 0.00783. The highest BCUT2D eigenvalue weighted by Crippen LogP contribution is 2.14. The van der Waals surface area contributed by atoms with Crippen molar-refractivity contribution in [2.24, 2.45) is 5.73 Å². The predicted molar refractivity (Wildman–Crippen MR) is 96.0 cm³/mol. The highest BCUT2D eigenvalue weighted by Gasteiger charge is 2.14. The molecule has 0 heterocycles. The van der Waals surface area contributed by atoms with Crippen molar-refractivity contribution >= 4 is 0 Å². The lowest BCUT2D eigenvalue weighted by atomic mass is 10.0. The van der Waals surface area contributed by atoms with Crippen LogP contribution in [0.3, 0.4) is 0 Å². The largest absolute Gasteiger partial charge is 0.390 e. The molecule has 0 radical (unpaired) electrons. The standard InChI is InChI=1S/C19H41NO2/c1-2-3-4-5-6-7-8-9-10-11-12-13-15-18(21)19(22)16-14-17-20/h18-19,21-22H,2-17,20H2,1H3. The summed E-state index contributed by atoms with van der Waals surface area (Å²) in [6, 6.07) is 0. The van der Waals surface area contributed by atoms with Gasteiger partial charge in [-0.05, 0) is 25.8 Å². The van der Waals surface area contributed by atoms with Crippen LogP contribution in [-0.4, -0.2) is 29.0 Å². The Morgan fingerprint density at radius 3 is 1.36 bits per heavy atom. The van der Waals surface area contributed by atoms with Crippen LogP contribution in [0.2, 0.25) is 0 Å². The molecule has 0 saturated carbocycles. The zero-order chi connectivity index (χ0) is 16.5. The fraction of sp³-hybridized carbons (Fsp3) is 1.00.